The summed E-state index contributed by atoms with van der Waals surface area (Å²) in [7, 11) is 0. The number of carbonyl (C=O) groups is 2. The molecule has 1 aliphatic rings. The smallest absolute Gasteiger partial charge is 0.312 e. The molecule has 24 heavy (non-hydrogen) atoms. The fourth-order valence-electron chi connectivity index (χ4n) is 2.73. The van der Waals surface area contributed by atoms with Gasteiger partial charge in [0, 0.05) is 6.54 Å². The highest BCUT2D eigenvalue weighted by Crippen LogP contribution is 2.26. The van der Waals surface area contributed by atoms with Gasteiger partial charge >= 0.3 is 6.03 Å². The van der Waals surface area contributed by atoms with Crippen LogP contribution in [0.1, 0.15) is 32.4 Å². The summed E-state index contributed by atoms with van der Waals surface area (Å²) in [4.78, 5) is 25.7. The Morgan fingerprint density at radius 2 is 2.12 bits per heavy atom. The van der Waals surface area contributed by atoms with Gasteiger partial charge in [0.2, 0.25) is 5.91 Å². The van der Waals surface area contributed by atoms with Crippen LogP contribution in [0, 0.1) is 11.2 Å². The maximum atomic E-state index is 13.4. The van der Waals surface area contributed by atoms with Crippen LogP contribution < -0.4 is 11.1 Å². The minimum Gasteiger partial charge on any atom is -0.370 e. The molecule has 2 rings (SSSR count). The number of nitrogens with two attached hydrogens (primary N) is 1. The zero-order chi connectivity index (χ0) is 17.9. The minimum absolute atomic E-state index is 0.217. The summed E-state index contributed by atoms with van der Waals surface area (Å²) in [5, 5.41) is 2.53. The number of morpholine rings is 1. The Balaban J connectivity index is 2.15. The van der Waals surface area contributed by atoms with Gasteiger partial charge in [-0.05, 0) is 23.1 Å². The average Bonchev–Trinajstić information content (AvgIpc) is 2.51. The summed E-state index contributed by atoms with van der Waals surface area (Å²) >= 11 is 0. The molecule has 1 aliphatic heterocycles. The number of rotatable bonds is 3. The Kier molecular flexibility index (Phi) is 5.43. The molecule has 6 nitrogen and oxygen atoms in total. The molecule has 0 aliphatic carbocycles. The van der Waals surface area contributed by atoms with Crippen molar-refractivity contribution in [3.63, 3.8) is 0 Å². The Labute approximate surface area is 141 Å². The number of ether oxygens (including phenoxy) is 1. The van der Waals surface area contributed by atoms with Crippen LogP contribution in [0.5, 0.6) is 0 Å². The summed E-state index contributed by atoms with van der Waals surface area (Å²) in [5.74, 6) is -0.562. The van der Waals surface area contributed by atoms with Crippen LogP contribution in [0.2, 0.25) is 0 Å². The van der Waals surface area contributed by atoms with Gasteiger partial charge in [-0.1, -0.05) is 32.9 Å². The Morgan fingerprint density at radius 1 is 1.42 bits per heavy atom. The van der Waals surface area contributed by atoms with E-state index in [9.17, 15) is 14.0 Å². The number of halogens is 1. The molecule has 0 spiro atoms. The molecule has 0 bridgehead atoms. The van der Waals surface area contributed by atoms with Crippen LogP contribution in [-0.2, 0) is 9.53 Å². The van der Waals surface area contributed by atoms with E-state index in [0.717, 1.165) is 0 Å². The van der Waals surface area contributed by atoms with Gasteiger partial charge in [-0.25, -0.2) is 9.18 Å². The van der Waals surface area contributed by atoms with E-state index in [0.29, 0.717) is 25.3 Å². The number of nitrogens with zero attached hydrogens (tertiary/aromatic N) is 1. The number of hydrogen-bond acceptors (Lipinski definition) is 3. The van der Waals surface area contributed by atoms with Crippen molar-refractivity contribution in [2.24, 2.45) is 11.1 Å². The summed E-state index contributed by atoms with van der Waals surface area (Å²) in [5.41, 5.74) is 5.40. The lowest BCUT2D eigenvalue weighted by atomic mass is 9.85. The highest BCUT2D eigenvalue weighted by Gasteiger charge is 2.37. The van der Waals surface area contributed by atoms with Crippen LogP contribution in [0.4, 0.5) is 9.18 Å². The van der Waals surface area contributed by atoms with Crippen molar-refractivity contribution in [2.45, 2.75) is 32.9 Å². The van der Waals surface area contributed by atoms with Crippen LogP contribution in [-0.4, -0.2) is 42.6 Å². The van der Waals surface area contributed by atoms with Gasteiger partial charge in [0.25, 0.3) is 0 Å². The second-order valence-electron chi connectivity index (χ2n) is 7.01. The Morgan fingerprint density at radius 3 is 2.71 bits per heavy atom. The predicted molar refractivity (Wildman–Crippen MR) is 87.6 cm³/mol. The van der Waals surface area contributed by atoms with E-state index < -0.39 is 23.6 Å². The molecule has 1 aromatic carbocycles. The largest absolute Gasteiger partial charge is 0.370 e. The average molecular weight is 337 g/mol. The highest BCUT2D eigenvalue weighted by molar-refractivity contribution is 5.87. The van der Waals surface area contributed by atoms with Crippen LogP contribution in [0.25, 0.3) is 0 Å². The van der Waals surface area contributed by atoms with Gasteiger partial charge in [0.15, 0.2) is 0 Å². The lowest BCUT2D eigenvalue weighted by Gasteiger charge is -2.38. The van der Waals surface area contributed by atoms with E-state index in [2.05, 4.69) is 5.32 Å². The van der Waals surface area contributed by atoms with Gasteiger partial charge in [-0.15, -0.1) is 0 Å². The monoisotopic (exact) mass is 337 g/mol. The van der Waals surface area contributed by atoms with Crippen molar-refractivity contribution in [3.8, 4) is 0 Å². The normalized spacial score (nSPS) is 19.7. The van der Waals surface area contributed by atoms with Gasteiger partial charge < -0.3 is 20.7 Å². The number of urea groups is 1. The second kappa shape index (κ2) is 7.17. The number of primary amides is 1. The first-order chi connectivity index (χ1) is 11.2. The van der Waals surface area contributed by atoms with Crippen molar-refractivity contribution < 1.29 is 18.7 Å². The van der Waals surface area contributed by atoms with Crippen molar-refractivity contribution in [1.82, 2.24) is 10.2 Å². The topological polar surface area (TPSA) is 84.7 Å². The Hall–Kier alpha value is -2.15. The van der Waals surface area contributed by atoms with E-state index in [1.807, 2.05) is 20.8 Å². The van der Waals surface area contributed by atoms with Crippen molar-refractivity contribution in [3.05, 3.63) is 35.6 Å². The molecular formula is C17H24FN3O3. The fourth-order valence-corrected chi connectivity index (χ4v) is 2.73. The summed E-state index contributed by atoms with van der Waals surface area (Å²) in [6, 6.07) is 4.68. The maximum absolute atomic E-state index is 13.4. The highest BCUT2D eigenvalue weighted by atomic mass is 19.1. The molecule has 1 fully saturated rings. The number of hydrogen-bond donors (Lipinski definition) is 2. The molecule has 7 heteroatoms. The first kappa shape index (κ1) is 18.2. The molecule has 3 amide bonds. The van der Waals surface area contributed by atoms with Gasteiger partial charge in [-0.3, -0.25) is 4.79 Å². The quantitative estimate of drug-likeness (QED) is 0.882. The zero-order valence-corrected chi connectivity index (χ0v) is 14.2. The van der Waals surface area contributed by atoms with Crippen LogP contribution >= 0.6 is 0 Å². The third-order valence-electron chi connectivity index (χ3n) is 4.00. The molecule has 1 heterocycles. The predicted octanol–water partition coefficient (Wildman–Crippen LogP) is 1.81. The number of nitrogens with one attached hydrogen (secondary N) is 1. The standard InChI is InChI=1S/C17H24FN3O3/c1-17(2,3)14(20-16(19)23)15(22)21-7-8-24-13(10-21)11-5-4-6-12(18)9-11/h4-6,9,13-14H,7-8,10H2,1-3H3,(H3,19,20,23)/t13-,14-/m0/s1. The summed E-state index contributed by atoms with van der Waals surface area (Å²) in [6.07, 6.45) is -0.396. The van der Waals surface area contributed by atoms with Crippen LogP contribution in [0.15, 0.2) is 24.3 Å². The molecule has 132 valence electrons. The van der Waals surface area contributed by atoms with E-state index in [-0.39, 0.29) is 11.7 Å². The van der Waals surface area contributed by atoms with Gasteiger partial charge in [-0.2, -0.15) is 0 Å². The van der Waals surface area contributed by atoms with Gasteiger partial charge in [0.1, 0.15) is 18.0 Å². The first-order valence-electron chi connectivity index (χ1n) is 7.90. The third-order valence-corrected chi connectivity index (χ3v) is 4.00. The molecule has 0 radical (unpaired) electrons. The fraction of sp³-hybridized carbons (Fsp3) is 0.529. The molecule has 0 unspecified atom stereocenters. The second-order valence-corrected chi connectivity index (χ2v) is 7.01. The molecule has 2 atom stereocenters. The third kappa shape index (κ3) is 4.44. The minimum atomic E-state index is -0.738. The first-order valence-corrected chi connectivity index (χ1v) is 7.90. The van der Waals surface area contributed by atoms with E-state index >= 15 is 0 Å². The number of amides is 3. The van der Waals surface area contributed by atoms with Crippen LogP contribution in [0.3, 0.4) is 0 Å². The molecule has 3 N–H and O–H groups in total. The number of benzene rings is 1. The molecular weight excluding hydrogens is 313 g/mol. The summed E-state index contributed by atoms with van der Waals surface area (Å²) in [6.45, 7) is 6.63. The Bertz CT molecular complexity index is 615. The SMILES string of the molecule is CC(C)(C)[C@@H](NC(N)=O)C(=O)N1CCO[C@H](c2cccc(F)c2)C1. The summed E-state index contributed by atoms with van der Waals surface area (Å²) < 4.78 is 19.1. The van der Waals surface area contributed by atoms with Crippen molar-refractivity contribution in [2.75, 3.05) is 19.7 Å². The lowest BCUT2D eigenvalue weighted by molar-refractivity contribution is -0.143. The van der Waals surface area contributed by atoms with E-state index in [1.54, 1.807) is 17.0 Å². The maximum Gasteiger partial charge on any atom is 0.312 e. The molecule has 1 saturated heterocycles. The molecule has 0 aromatic heterocycles. The van der Waals surface area contributed by atoms with E-state index in [4.69, 9.17) is 10.5 Å². The van der Waals surface area contributed by atoms with Gasteiger partial charge in [0.05, 0.1) is 13.2 Å². The molecule has 0 saturated carbocycles. The van der Waals surface area contributed by atoms with Crippen molar-refractivity contribution in [1.29, 1.82) is 0 Å². The van der Waals surface area contributed by atoms with Crippen molar-refractivity contribution >= 4 is 11.9 Å². The molecule has 1 aromatic rings. The van der Waals surface area contributed by atoms with E-state index in [1.165, 1.54) is 12.1 Å². The lowest BCUT2D eigenvalue weighted by Crippen LogP contribution is -2.57. The number of carbonyl (C=O) groups excluding carboxylic acids is 2. The zero-order valence-electron chi connectivity index (χ0n) is 14.2.